The smallest absolute Gasteiger partial charge is 0.263 e. The van der Waals surface area contributed by atoms with Gasteiger partial charge in [-0.1, -0.05) is 11.6 Å². The van der Waals surface area contributed by atoms with E-state index >= 15 is 0 Å². The van der Waals surface area contributed by atoms with Gasteiger partial charge in [0.05, 0.1) is 4.47 Å². The first-order chi connectivity index (χ1) is 6.59. The molecule has 0 radical (unpaired) electrons. The monoisotopic (exact) mass is 251 g/mol. The molecule has 14 heavy (non-hydrogen) atoms. The van der Waals surface area contributed by atoms with Crippen LogP contribution in [-0.2, 0) is 0 Å². The van der Waals surface area contributed by atoms with E-state index in [1.807, 2.05) is 26.0 Å². The Hall–Kier alpha value is -1.09. The van der Waals surface area contributed by atoms with Crippen LogP contribution in [0.4, 0.5) is 0 Å². The van der Waals surface area contributed by atoms with Gasteiger partial charge in [0, 0.05) is 10.9 Å². The zero-order chi connectivity index (χ0) is 10.3. The van der Waals surface area contributed by atoms with E-state index in [1.54, 1.807) is 0 Å². The second kappa shape index (κ2) is 3.24. The summed E-state index contributed by atoms with van der Waals surface area (Å²) in [6.45, 7) is 3.99. The van der Waals surface area contributed by atoms with Gasteiger partial charge in [-0.2, -0.15) is 0 Å². The molecule has 0 bridgehead atoms. The normalized spacial score (nSPS) is 10.8. The molecule has 0 saturated heterocycles. The lowest BCUT2D eigenvalue weighted by Gasteiger charge is -2.04. The number of fused-ring (bicyclic) bond motifs is 1. The molecule has 0 aliphatic heterocycles. The van der Waals surface area contributed by atoms with Crippen molar-refractivity contribution in [3.8, 4) is 0 Å². The standard InChI is InChI=1S/C11H10BrNO/c1-6-3-4-9-8(5-6)7(2)10(12)11(14)13-9/h3-5H,1-2H3,(H,13,14). The summed E-state index contributed by atoms with van der Waals surface area (Å²) < 4.78 is 0.621. The second-order valence-electron chi connectivity index (χ2n) is 3.44. The molecule has 2 nitrogen and oxygen atoms in total. The van der Waals surface area contributed by atoms with Gasteiger partial charge in [-0.25, -0.2) is 0 Å². The highest BCUT2D eigenvalue weighted by Crippen LogP contribution is 2.21. The van der Waals surface area contributed by atoms with E-state index in [2.05, 4.69) is 27.0 Å². The first kappa shape index (κ1) is 9.46. The van der Waals surface area contributed by atoms with Gasteiger partial charge >= 0.3 is 0 Å². The van der Waals surface area contributed by atoms with E-state index < -0.39 is 0 Å². The van der Waals surface area contributed by atoms with E-state index in [0.717, 1.165) is 16.5 Å². The molecule has 72 valence electrons. The summed E-state index contributed by atoms with van der Waals surface area (Å²) in [6, 6.07) is 6.00. The largest absolute Gasteiger partial charge is 0.321 e. The zero-order valence-electron chi connectivity index (χ0n) is 8.02. The maximum absolute atomic E-state index is 11.4. The summed E-state index contributed by atoms with van der Waals surface area (Å²) in [7, 11) is 0. The first-order valence-corrected chi connectivity index (χ1v) is 5.17. The number of aromatic amines is 1. The number of hydrogen-bond donors (Lipinski definition) is 1. The third-order valence-electron chi connectivity index (χ3n) is 2.36. The van der Waals surface area contributed by atoms with Crippen molar-refractivity contribution < 1.29 is 0 Å². The molecule has 3 heteroatoms. The van der Waals surface area contributed by atoms with Crippen LogP contribution in [0.15, 0.2) is 27.5 Å². The van der Waals surface area contributed by atoms with Crippen LogP contribution >= 0.6 is 15.9 Å². The van der Waals surface area contributed by atoms with Crippen molar-refractivity contribution in [3.05, 3.63) is 44.2 Å². The molecular weight excluding hydrogens is 242 g/mol. The minimum absolute atomic E-state index is 0.0705. The molecule has 0 saturated carbocycles. The number of hydrogen-bond acceptors (Lipinski definition) is 1. The van der Waals surface area contributed by atoms with Gasteiger partial charge < -0.3 is 4.98 Å². The van der Waals surface area contributed by atoms with E-state index in [9.17, 15) is 4.79 Å². The topological polar surface area (TPSA) is 32.9 Å². The quantitative estimate of drug-likeness (QED) is 0.768. The molecule has 0 amide bonds. The Balaban J connectivity index is 2.99. The number of aromatic nitrogens is 1. The summed E-state index contributed by atoms with van der Waals surface area (Å²) in [5.41, 5.74) is 3.01. The minimum Gasteiger partial charge on any atom is -0.321 e. The minimum atomic E-state index is -0.0705. The van der Waals surface area contributed by atoms with Crippen molar-refractivity contribution in [2.45, 2.75) is 13.8 Å². The Bertz CT molecular complexity index is 557. The number of rotatable bonds is 0. The number of benzene rings is 1. The van der Waals surface area contributed by atoms with Crippen LogP contribution in [0.3, 0.4) is 0 Å². The molecular formula is C11H10BrNO. The summed E-state index contributed by atoms with van der Waals surface area (Å²) in [4.78, 5) is 14.3. The lowest BCUT2D eigenvalue weighted by atomic mass is 10.1. The summed E-state index contributed by atoms with van der Waals surface area (Å²) >= 11 is 3.28. The molecule has 2 rings (SSSR count). The molecule has 0 fully saturated rings. The predicted molar refractivity (Wildman–Crippen MR) is 61.7 cm³/mol. The maximum Gasteiger partial charge on any atom is 0.263 e. The SMILES string of the molecule is Cc1ccc2[nH]c(=O)c(Br)c(C)c2c1. The third-order valence-corrected chi connectivity index (χ3v) is 3.31. The average molecular weight is 252 g/mol. The van der Waals surface area contributed by atoms with Crippen LogP contribution in [0.25, 0.3) is 10.9 Å². The molecule has 0 atom stereocenters. The average Bonchev–Trinajstić information content (AvgIpc) is 2.16. The predicted octanol–water partition coefficient (Wildman–Crippen LogP) is 2.91. The molecule has 0 spiro atoms. The van der Waals surface area contributed by atoms with Crippen molar-refractivity contribution >= 4 is 26.8 Å². The van der Waals surface area contributed by atoms with Crippen LogP contribution in [0, 0.1) is 13.8 Å². The number of pyridine rings is 1. The van der Waals surface area contributed by atoms with Crippen molar-refractivity contribution in [2.75, 3.05) is 0 Å². The van der Waals surface area contributed by atoms with Gasteiger partial charge in [-0.3, -0.25) is 4.79 Å². The number of halogens is 1. The van der Waals surface area contributed by atoms with Gasteiger partial charge in [0.15, 0.2) is 0 Å². The highest BCUT2D eigenvalue weighted by Gasteiger charge is 2.05. The van der Waals surface area contributed by atoms with Gasteiger partial charge in [0.25, 0.3) is 5.56 Å². The van der Waals surface area contributed by atoms with Gasteiger partial charge in [0.1, 0.15) is 0 Å². The van der Waals surface area contributed by atoms with Crippen molar-refractivity contribution in [1.29, 1.82) is 0 Å². The Labute approximate surface area is 90.1 Å². The maximum atomic E-state index is 11.4. The van der Waals surface area contributed by atoms with Gasteiger partial charge in [0.2, 0.25) is 0 Å². The Morgan fingerprint density at radius 2 is 2.00 bits per heavy atom. The second-order valence-corrected chi connectivity index (χ2v) is 4.24. The molecule has 1 aromatic heterocycles. The lowest BCUT2D eigenvalue weighted by Crippen LogP contribution is -2.08. The number of H-pyrrole nitrogens is 1. The van der Waals surface area contributed by atoms with Crippen LogP contribution in [0.1, 0.15) is 11.1 Å². The third kappa shape index (κ3) is 1.38. The fourth-order valence-electron chi connectivity index (χ4n) is 1.54. The molecule has 2 aromatic rings. The van der Waals surface area contributed by atoms with Crippen molar-refractivity contribution in [3.63, 3.8) is 0 Å². The molecule has 1 aromatic carbocycles. The summed E-state index contributed by atoms with van der Waals surface area (Å²) in [5, 5.41) is 1.09. The molecule has 0 aliphatic rings. The van der Waals surface area contributed by atoms with E-state index in [0.29, 0.717) is 4.47 Å². The van der Waals surface area contributed by atoms with Crippen molar-refractivity contribution in [1.82, 2.24) is 4.98 Å². The molecule has 0 aliphatic carbocycles. The Morgan fingerprint density at radius 1 is 1.29 bits per heavy atom. The van der Waals surface area contributed by atoms with Gasteiger partial charge in [-0.05, 0) is 47.5 Å². The van der Waals surface area contributed by atoms with E-state index in [-0.39, 0.29) is 5.56 Å². The van der Waals surface area contributed by atoms with Crippen LogP contribution in [0.5, 0.6) is 0 Å². The Kier molecular flexibility index (Phi) is 2.19. The fourth-order valence-corrected chi connectivity index (χ4v) is 1.86. The highest BCUT2D eigenvalue weighted by molar-refractivity contribution is 9.10. The fraction of sp³-hybridized carbons (Fsp3) is 0.182. The van der Waals surface area contributed by atoms with E-state index in [1.165, 1.54) is 5.56 Å². The summed E-state index contributed by atoms with van der Waals surface area (Å²) in [5.74, 6) is 0. The molecule has 1 N–H and O–H groups in total. The Morgan fingerprint density at radius 3 is 2.71 bits per heavy atom. The lowest BCUT2D eigenvalue weighted by molar-refractivity contribution is 1.24. The summed E-state index contributed by atoms with van der Waals surface area (Å²) in [6.07, 6.45) is 0. The highest BCUT2D eigenvalue weighted by atomic mass is 79.9. The molecule has 1 heterocycles. The molecule has 0 unspecified atom stereocenters. The van der Waals surface area contributed by atoms with Crippen LogP contribution in [0.2, 0.25) is 0 Å². The number of nitrogens with one attached hydrogen (secondary N) is 1. The van der Waals surface area contributed by atoms with Crippen LogP contribution in [-0.4, -0.2) is 4.98 Å². The van der Waals surface area contributed by atoms with Crippen LogP contribution < -0.4 is 5.56 Å². The van der Waals surface area contributed by atoms with Gasteiger partial charge in [-0.15, -0.1) is 0 Å². The van der Waals surface area contributed by atoms with E-state index in [4.69, 9.17) is 0 Å². The number of aryl methyl sites for hydroxylation is 2. The zero-order valence-corrected chi connectivity index (χ0v) is 9.60. The first-order valence-electron chi connectivity index (χ1n) is 4.38. The van der Waals surface area contributed by atoms with Crippen molar-refractivity contribution in [2.24, 2.45) is 0 Å².